The molecule has 8 nitrogen and oxygen atoms in total. The standard InChI is InChI=1S/C32H48N4O4.C2H6/c1-22(2)31(39)30(24-9-5-4-6-10-24)34-32(40)26-12-7-11-25(18-26)27-13-8-15-36(21-27)29(38)20-33-19-23-14-16-35(3)28(37)17-23;1-2/h7,11-12,18,22-24,27,30,33H,4-6,8-10,13-17,19-21H2,1-3H3,(H,34,40);1-2H3. The molecular formula is C34H54N4O4. The molecule has 4 rings (SSSR count). The highest BCUT2D eigenvalue weighted by Gasteiger charge is 2.33. The van der Waals surface area contributed by atoms with E-state index in [0.717, 1.165) is 63.6 Å². The van der Waals surface area contributed by atoms with Crippen molar-refractivity contribution in [1.29, 1.82) is 0 Å². The van der Waals surface area contributed by atoms with Crippen LogP contribution in [0.1, 0.15) is 107 Å². The zero-order valence-electron chi connectivity index (χ0n) is 26.6. The summed E-state index contributed by atoms with van der Waals surface area (Å²) in [5, 5.41) is 6.40. The average Bonchev–Trinajstić information content (AvgIpc) is 3.02. The van der Waals surface area contributed by atoms with E-state index in [2.05, 4.69) is 10.6 Å². The molecule has 3 aliphatic rings. The summed E-state index contributed by atoms with van der Waals surface area (Å²) in [5.41, 5.74) is 1.64. The first kappa shape index (κ1) is 33.8. The van der Waals surface area contributed by atoms with E-state index in [0.29, 0.717) is 25.1 Å². The average molecular weight is 583 g/mol. The van der Waals surface area contributed by atoms with Crippen LogP contribution in [0.2, 0.25) is 0 Å². The SMILES string of the molecule is CC.CC(C)C(=O)C(NC(=O)c1cccc(C2CCCN(C(=O)CNCC3CCN(C)C(=O)C3)C2)c1)C1CCCCC1. The Balaban J connectivity index is 0.00000237. The zero-order valence-corrected chi connectivity index (χ0v) is 26.6. The van der Waals surface area contributed by atoms with Crippen LogP contribution in [0.3, 0.4) is 0 Å². The van der Waals surface area contributed by atoms with Crippen molar-refractivity contribution in [2.24, 2.45) is 17.8 Å². The normalized spacial score (nSPS) is 22.3. The van der Waals surface area contributed by atoms with E-state index in [9.17, 15) is 19.2 Å². The quantitative estimate of drug-likeness (QED) is 0.414. The lowest BCUT2D eigenvalue weighted by atomic mass is 9.80. The van der Waals surface area contributed by atoms with Gasteiger partial charge in [0.2, 0.25) is 11.8 Å². The first-order chi connectivity index (χ1) is 20.2. The molecule has 1 aromatic rings. The van der Waals surface area contributed by atoms with Crippen LogP contribution in [0, 0.1) is 17.8 Å². The van der Waals surface area contributed by atoms with Gasteiger partial charge < -0.3 is 20.4 Å². The van der Waals surface area contributed by atoms with E-state index in [-0.39, 0.29) is 53.7 Å². The summed E-state index contributed by atoms with van der Waals surface area (Å²) in [6.07, 6.45) is 8.79. The summed E-state index contributed by atoms with van der Waals surface area (Å²) in [4.78, 5) is 55.0. The smallest absolute Gasteiger partial charge is 0.251 e. The number of piperidine rings is 2. The molecule has 3 atom stereocenters. The highest BCUT2D eigenvalue weighted by atomic mass is 16.2. The second kappa shape index (κ2) is 16.8. The molecule has 1 saturated carbocycles. The van der Waals surface area contributed by atoms with Crippen molar-refractivity contribution < 1.29 is 19.2 Å². The molecule has 2 aliphatic heterocycles. The van der Waals surface area contributed by atoms with Crippen molar-refractivity contribution in [3.8, 4) is 0 Å². The molecule has 0 spiro atoms. The van der Waals surface area contributed by atoms with Crippen molar-refractivity contribution >= 4 is 23.5 Å². The van der Waals surface area contributed by atoms with Gasteiger partial charge >= 0.3 is 0 Å². The van der Waals surface area contributed by atoms with E-state index in [4.69, 9.17) is 0 Å². The molecule has 1 aliphatic carbocycles. The van der Waals surface area contributed by atoms with Gasteiger partial charge in [0.05, 0.1) is 12.6 Å². The van der Waals surface area contributed by atoms with Crippen LogP contribution >= 0.6 is 0 Å². The Morgan fingerprint density at radius 3 is 2.40 bits per heavy atom. The molecule has 3 fully saturated rings. The number of amides is 3. The second-order valence-electron chi connectivity index (χ2n) is 12.5. The molecule has 2 N–H and O–H groups in total. The Bertz CT molecular complexity index is 1050. The first-order valence-corrected chi connectivity index (χ1v) is 16.4. The van der Waals surface area contributed by atoms with E-state index in [1.807, 2.05) is 63.9 Å². The Morgan fingerprint density at radius 2 is 1.71 bits per heavy atom. The number of nitrogens with zero attached hydrogens (tertiary/aromatic N) is 2. The first-order valence-electron chi connectivity index (χ1n) is 16.4. The van der Waals surface area contributed by atoms with E-state index in [1.54, 1.807) is 4.90 Å². The van der Waals surface area contributed by atoms with Crippen LogP contribution in [0.25, 0.3) is 0 Å². The van der Waals surface area contributed by atoms with E-state index >= 15 is 0 Å². The lowest BCUT2D eigenvalue weighted by Crippen LogP contribution is -2.48. The van der Waals surface area contributed by atoms with Crippen LogP contribution in [0.15, 0.2) is 24.3 Å². The summed E-state index contributed by atoms with van der Waals surface area (Å²) in [5.74, 6) is 0.737. The lowest BCUT2D eigenvalue weighted by molar-refractivity contribution is -0.133. The molecular weight excluding hydrogens is 528 g/mol. The minimum atomic E-state index is -0.431. The number of ketones is 1. The lowest BCUT2D eigenvalue weighted by Gasteiger charge is -2.34. The van der Waals surface area contributed by atoms with Gasteiger partial charge in [0.15, 0.2) is 5.78 Å². The number of hydrogen-bond donors (Lipinski definition) is 2. The molecule has 8 heteroatoms. The molecule has 0 radical (unpaired) electrons. The topological polar surface area (TPSA) is 98.8 Å². The minimum Gasteiger partial charge on any atom is -0.346 e. The fourth-order valence-corrected chi connectivity index (χ4v) is 6.56. The van der Waals surface area contributed by atoms with Crippen LogP contribution in [0.5, 0.6) is 0 Å². The van der Waals surface area contributed by atoms with Gasteiger partial charge in [-0.1, -0.05) is 59.1 Å². The van der Waals surface area contributed by atoms with Crippen molar-refractivity contribution in [3.05, 3.63) is 35.4 Å². The summed E-state index contributed by atoms with van der Waals surface area (Å²) in [6, 6.07) is 7.29. The van der Waals surface area contributed by atoms with Gasteiger partial charge in [-0.15, -0.1) is 0 Å². The Hall–Kier alpha value is -2.74. The number of likely N-dealkylation sites (tertiary alicyclic amines) is 2. The maximum atomic E-state index is 13.4. The van der Waals surface area contributed by atoms with Crippen LogP contribution in [0.4, 0.5) is 0 Å². The molecule has 3 amide bonds. The third kappa shape index (κ3) is 9.38. The highest BCUT2D eigenvalue weighted by molar-refractivity contribution is 5.98. The van der Waals surface area contributed by atoms with Crippen molar-refractivity contribution in [2.45, 2.75) is 97.4 Å². The van der Waals surface area contributed by atoms with E-state index in [1.165, 1.54) is 6.42 Å². The highest BCUT2D eigenvalue weighted by Crippen LogP contribution is 2.30. The fraction of sp³-hybridized carbons (Fsp3) is 0.706. The summed E-state index contributed by atoms with van der Waals surface area (Å²) >= 11 is 0. The zero-order chi connectivity index (χ0) is 30.6. The van der Waals surface area contributed by atoms with Gasteiger partial charge in [-0.3, -0.25) is 19.2 Å². The van der Waals surface area contributed by atoms with Crippen LogP contribution in [-0.2, 0) is 14.4 Å². The Kier molecular flexibility index (Phi) is 13.5. The summed E-state index contributed by atoms with van der Waals surface area (Å²) < 4.78 is 0. The molecule has 234 valence electrons. The molecule has 3 unspecified atom stereocenters. The second-order valence-corrected chi connectivity index (χ2v) is 12.5. The number of hydrogen-bond acceptors (Lipinski definition) is 5. The van der Waals surface area contributed by atoms with Crippen molar-refractivity contribution in [3.63, 3.8) is 0 Å². The van der Waals surface area contributed by atoms with Crippen LogP contribution < -0.4 is 10.6 Å². The maximum absolute atomic E-state index is 13.4. The maximum Gasteiger partial charge on any atom is 0.251 e. The minimum absolute atomic E-state index is 0.0837. The third-order valence-corrected chi connectivity index (χ3v) is 9.15. The number of nitrogens with one attached hydrogen (secondary N) is 2. The van der Waals surface area contributed by atoms with E-state index < -0.39 is 6.04 Å². The molecule has 0 bridgehead atoms. The molecule has 42 heavy (non-hydrogen) atoms. The van der Waals surface area contributed by atoms with Crippen LogP contribution in [-0.4, -0.2) is 79.1 Å². The van der Waals surface area contributed by atoms with Gasteiger partial charge in [0, 0.05) is 50.5 Å². The van der Waals surface area contributed by atoms with Gasteiger partial charge in [-0.05, 0) is 68.2 Å². The van der Waals surface area contributed by atoms with Crippen molar-refractivity contribution in [1.82, 2.24) is 20.4 Å². The largest absolute Gasteiger partial charge is 0.346 e. The fourth-order valence-electron chi connectivity index (χ4n) is 6.56. The van der Waals surface area contributed by atoms with Crippen molar-refractivity contribution in [2.75, 3.05) is 39.8 Å². The molecule has 1 aromatic carbocycles. The van der Waals surface area contributed by atoms with Gasteiger partial charge in [-0.2, -0.15) is 0 Å². The number of carbonyl (C=O) groups is 4. The number of rotatable bonds is 10. The summed E-state index contributed by atoms with van der Waals surface area (Å²) in [6.45, 7) is 10.9. The van der Waals surface area contributed by atoms with Gasteiger partial charge in [0.25, 0.3) is 5.91 Å². The molecule has 2 heterocycles. The molecule has 2 saturated heterocycles. The number of benzene rings is 1. The molecule has 0 aromatic heterocycles. The monoisotopic (exact) mass is 582 g/mol. The third-order valence-electron chi connectivity index (χ3n) is 9.15. The summed E-state index contributed by atoms with van der Waals surface area (Å²) in [7, 11) is 1.84. The predicted molar refractivity (Wildman–Crippen MR) is 167 cm³/mol. The number of Topliss-reactive ketones (excluding diaryl/α,β-unsaturated/α-hetero) is 1. The van der Waals surface area contributed by atoms with Gasteiger partial charge in [0.1, 0.15) is 0 Å². The predicted octanol–water partition coefficient (Wildman–Crippen LogP) is 4.78. The Morgan fingerprint density at radius 1 is 0.976 bits per heavy atom. The van der Waals surface area contributed by atoms with Gasteiger partial charge in [-0.25, -0.2) is 0 Å². The number of carbonyl (C=O) groups excluding carboxylic acids is 4. The Labute approximate surface area is 253 Å².